The van der Waals surface area contributed by atoms with Crippen LogP contribution in [0.2, 0.25) is 0 Å². The Balaban J connectivity index is 1.67. The number of alkyl halides is 3. The number of anilines is 1. The summed E-state index contributed by atoms with van der Waals surface area (Å²) in [7, 11) is 3.85. The van der Waals surface area contributed by atoms with Crippen LogP contribution < -0.4 is 4.90 Å². The molecule has 1 N–H and O–H groups in total. The first-order chi connectivity index (χ1) is 16.6. The summed E-state index contributed by atoms with van der Waals surface area (Å²) in [6.07, 6.45) is -3.61. The van der Waals surface area contributed by atoms with Crippen LogP contribution in [0.1, 0.15) is 11.1 Å². The predicted molar refractivity (Wildman–Crippen MR) is 128 cm³/mol. The predicted octanol–water partition coefficient (Wildman–Crippen LogP) is 6.18. The maximum absolute atomic E-state index is 14.5. The molecule has 5 rings (SSSR count). The maximum Gasteiger partial charge on any atom is 0.425 e. The van der Waals surface area contributed by atoms with Crippen LogP contribution >= 0.6 is 0 Å². The lowest BCUT2D eigenvalue weighted by Gasteiger charge is -2.32. The van der Waals surface area contributed by atoms with E-state index in [0.29, 0.717) is 10.9 Å². The minimum absolute atomic E-state index is 0.00254. The monoisotopic (exact) mass is 479 g/mol. The standard InChI is InChI=1S/C27H21F4N3O/c1-33(2)19-8-10-20(11-9-19)34-25-14-7-18(15-17(25)16-32-34)26(35,27(29,30)31)23-12-13-24(28)22-6-4-3-5-21(22)23/h3-16,35H,1-2H3. The fourth-order valence-electron chi connectivity index (χ4n) is 4.41. The van der Waals surface area contributed by atoms with Crippen LogP contribution in [-0.4, -0.2) is 35.2 Å². The van der Waals surface area contributed by atoms with Gasteiger partial charge in [-0.2, -0.15) is 18.3 Å². The van der Waals surface area contributed by atoms with Gasteiger partial charge in [-0.3, -0.25) is 0 Å². The van der Waals surface area contributed by atoms with Gasteiger partial charge < -0.3 is 10.0 Å². The molecule has 178 valence electrons. The summed E-state index contributed by atoms with van der Waals surface area (Å²) in [5.41, 5.74) is -1.85. The van der Waals surface area contributed by atoms with Crippen molar-refractivity contribution in [1.82, 2.24) is 9.78 Å². The minimum atomic E-state index is -5.07. The van der Waals surface area contributed by atoms with Gasteiger partial charge in [0.2, 0.25) is 5.60 Å². The van der Waals surface area contributed by atoms with Crippen LogP contribution in [0.5, 0.6) is 0 Å². The Bertz CT molecular complexity index is 1540. The summed E-state index contributed by atoms with van der Waals surface area (Å²) in [5, 5.41) is 16.0. The van der Waals surface area contributed by atoms with Gasteiger partial charge in [-0.1, -0.05) is 36.4 Å². The Kier molecular flexibility index (Phi) is 5.29. The van der Waals surface area contributed by atoms with E-state index in [2.05, 4.69) is 5.10 Å². The Labute approximate surface area is 198 Å². The molecule has 0 fully saturated rings. The highest BCUT2D eigenvalue weighted by Crippen LogP contribution is 2.47. The molecule has 0 amide bonds. The van der Waals surface area contributed by atoms with Gasteiger partial charge in [-0.05, 0) is 53.4 Å². The number of nitrogens with zero attached hydrogens (tertiary/aromatic N) is 3. The molecule has 1 aromatic heterocycles. The van der Waals surface area contributed by atoms with Crippen LogP contribution in [0.3, 0.4) is 0 Å². The van der Waals surface area contributed by atoms with E-state index in [1.165, 1.54) is 48.7 Å². The number of aliphatic hydroxyl groups is 1. The number of halogens is 4. The molecular formula is C27H21F4N3O. The topological polar surface area (TPSA) is 41.3 Å². The molecule has 0 aliphatic rings. The second-order valence-corrected chi connectivity index (χ2v) is 8.59. The van der Waals surface area contributed by atoms with Gasteiger partial charge in [-0.25, -0.2) is 9.07 Å². The summed E-state index contributed by atoms with van der Waals surface area (Å²) in [6, 6.07) is 19.3. The molecule has 1 unspecified atom stereocenters. The number of rotatable bonds is 4. The van der Waals surface area contributed by atoms with Gasteiger partial charge in [0.25, 0.3) is 0 Å². The van der Waals surface area contributed by atoms with E-state index >= 15 is 0 Å². The third-order valence-corrected chi connectivity index (χ3v) is 6.27. The molecule has 8 heteroatoms. The average Bonchev–Trinajstić information content (AvgIpc) is 3.27. The quantitative estimate of drug-likeness (QED) is 0.313. The van der Waals surface area contributed by atoms with Crippen molar-refractivity contribution in [3.05, 3.63) is 102 Å². The molecule has 0 aliphatic heterocycles. The molecular weight excluding hydrogens is 458 g/mol. The molecule has 1 heterocycles. The summed E-state index contributed by atoms with van der Waals surface area (Å²) < 4.78 is 59.5. The van der Waals surface area contributed by atoms with E-state index < -0.39 is 23.2 Å². The van der Waals surface area contributed by atoms with E-state index in [0.717, 1.165) is 23.5 Å². The van der Waals surface area contributed by atoms with Crippen LogP contribution in [-0.2, 0) is 5.60 Å². The van der Waals surface area contributed by atoms with E-state index in [4.69, 9.17) is 0 Å². The van der Waals surface area contributed by atoms with E-state index in [-0.39, 0.29) is 16.3 Å². The van der Waals surface area contributed by atoms with E-state index in [1.54, 1.807) is 4.68 Å². The Hall–Kier alpha value is -3.91. The highest BCUT2D eigenvalue weighted by Gasteiger charge is 2.57. The SMILES string of the molecule is CN(C)c1ccc(-n2ncc3cc(C(O)(c4ccc(F)c5ccccc45)C(F)(F)F)ccc32)cc1. The molecule has 4 aromatic carbocycles. The van der Waals surface area contributed by atoms with Crippen LogP contribution in [0.4, 0.5) is 23.2 Å². The molecule has 0 saturated heterocycles. The van der Waals surface area contributed by atoms with Crippen molar-refractivity contribution in [2.24, 2.45) is 0 Å². The second kappa shape index (κ2) is 8.09. The van der Waals surface area contributed by atoms with Crippen LogP contribution in [0, 0.1) is 5.82 Å². The second-order valence-electron chi connectivity index (χ2n) is 8.59. The smallest absolute Gasteiger partial charge is 0.378 e. The van der Waals surface area contributed by atoms with Crippen molar-refractivity contribution in [3.63, 3.8) is 0 Å². The number of benzene rings is 4. The first-order valence-electron chi connectivity index (χ1n) is 10.8. The zero-order valence-corrected chi connectivity index (χ0v) is 18.9. The molecule has 0 aliphatic carbocycles. The van der Waals surface area contributed by atoms with Gasteiger partial charge in [0.15, 0.2) is 0 Å². The fraction of sp³-hybridized carbons (Fsp3) is 0.148. The first-order valence-corrected chi connectivity index (χ1v) is 10.8. The first kappa shape index (κ1) is 22.9. The largest absolute Gasteiger partial charge is 0.425 e. The lowest BCUT2D eigenvalue weighted by molar-refractivity contribution is -0.247. The van der Waals surface area contributed by atoms with Crippen molar-refractivity contribution in [2.75, 3.05) is 19.0 Å². The number of hydrogen-bond acceptors (Lipinski definition) is 3. The number of fused-ring (bicyclic) bond motifs is 2. The maximum atomic E-state index is 14.5. The normalized spacial score (nSPS) is 13.8. The van der Waals surface area contributed by atoms with Gasteiger partial charge in [0, 0.05) is 36.1 Å². The molecule has 0 saturated carbocycles. The Morgan fingerprint density at radius 2 is 1.54 bits per heavy atom. The minimum Gasteiger partial charge on any atom is -0.378 e. The van der Waals surface area contributed by atoms with E-state index in [9.17, 15) is 22.7 Å². The lowest BCUT2D eigenvalue weighted by atomic mass is 9.82. The lowest BCUT2D eigenvalue weighted by Crippen LogP contribution is -2.43. The van der Waals surface area contributed by atoms with Crippen LogP contribution in [0.25, 0.3) is 27.4 Å². The van der Waals surface area contributed by atoms with Gasteiger partial charge >= 0.3 is 6.18 Å². The fourth-order valence-corrected chi connectivity index (χ4v) is 4.41. The highest BCUT2D eigenvalue weighted by molar-refractivity contribution is 5.88. The average molecular weight is 479 g/mol. The van der Waals surface area contributed by atoms with Crippen molar-refractivity contribution in [1.29, 1.82) is 0 Å². The Morgan fingerprint density at radius 3 is 2.20 bits per heavy atom. The zero-order chi connectivity index (χ0) is 25.0. The zero-order valence-electron chi connectivity index (χ0n) is 18.9. The molecule has 5 aromatic rings. The Morgan fingerprint density at radius 1 is 0.857 bits per heavy atom. The summed E-state index contributed by atoms with van der Waals surface area (Å²) in [6.45, 7) is 0. The summed E-state index contributed by atoms with van der Waals surface area (Å²) in [4.78, 5) is 1.95. The van der Waals surface area contributed by atoms with Crippen molar-refractivity contribution in [2.45, 2.75) is 11.8 Å². The molecule has 35 heavy (non-hydrogen) atoms. The van der Waals surface area contributed by atoms with Gasteiger partial charge in [0.1, 0.15) is 5.82 Å². The summed E-state index contributed by atoms with van der Waals surface area (Å²) in [5.74, 6) is -0.661. The summed E-state index contributed by atoms with van der Waals surface area (Å²) >= 11 is 0. The third kappa shape index (κ3) is 3.61. The molecule has 0 radical (unpaired) electrons. The molecule has 0 bridgehead atoms. The molecule has 1 atom stereocenters. The van der Waals surface area contributed by atoms with Gasteiger partial charge in [0.05, 0.1) is 17.4 Å². The van der Waals surface area contributed by atoms with Crippen molar-refractivity contribution >= 4 is 27.4 Å². The molecule has 0 spiro atoms. The molecule has 4 nitrogen and oxygen atoms in total. The number of aromatic nitrogens is 2. The third-order valence-electron chi connectivity index (χ3n) is 6.27. The van der Waals surface area contributed by atoms with Crippen molar-refractivity contribution < 1.29 is 22.7 Å². The van der Waals surface area contributed by atoms with Crippen LogP contribution in [0.15, 0.2) is 85.1 Å². The van der Waals surface area contributed by atoms with E-state index in [1.807, 2.05) is 43.3 Å². The van der Waals surface area contributed by atoms with Gasteiger partial charge in [-0.15, -0.1) is 0 Å². The number of hydrogen-bond donors (Lipinski definition) is 1. The van der Waals surface area contributed by atoms with Crippen molar-refractivity contribution in [3.8, 4) is 5.69 Å². The highest BCUT2D eigenvalue weighted by atomic mass is 19.4.